The van der Waals surface area contributed by atoms with E-state index < -0.39 is 0 Å². The third kappa shape index (κ3) is 2.88. The number of thioether (sulfide) groups is 1. The number of benzene rings is 2. The molecule has 26 heavy (non-hydrogen) atoms. The van der Waals surface area contributed by atoms with Gasteiger partial charge in [0.05, 0.1) is 5.52 Å². The molecule has 0 N–H and O–H groups in total. The lowest BCUT2D eigenvalue weighted by Crippen LogP contribution is -2.01. The number of pyridine rings is 1. The zero-order chi connectivity index (χ0) is 17.3. The van der Waals surface area contributed by atoms with E-state index in [-0.39, 0.29) is 0 Å². The van der Waals surface area contributed by atoms with Crippen LogP contribution < -0.4 is 0 Å². The van der Waals surface area contributed by atoms with Gasteiger partial charge in [0.15, 0.2) is 5.16 Å². The molecule has 0 unspecified atom stereocenters. The van der Waals surface area contributed by atoms with Gasteiger partial charge < -0.3 is 0 Å². The summed E-state index contributed by atoms with van der Waals surface area (Å²) in [6, 6.07) is 20.8. The van der Waals surface area contributed by atoms with Crippen LogP contribution >= 0.6 is 11.8 Å². The third-order valence-electron chi connectivity index (χ3n) is 4.69. The molecule has 1 fully saturated rings. The molecule has 1 saturated carbocycles. The van der Waals surface area contributed by atoms with Crippen LogP contribution in [-0.4, -0.2) is 19.7 Å². The van der Waals surface area contributed by atoms with Crippen molar-refractivity contribution in [3.8, 4) is 5.69 Å². The molecular formula is C21H18N4S. The van der Waals surface area contributed by atoms with E-state index in [2.05, 4.69) is 68.3 Å². The van der Waals surface area contributed by atoms with Gasteiger partial charge in [0.2, 0.25) is 0 Å². The van der Waals surface area contributed by atoms with Gasteiger partial charge in [-0.15, -0.1) is 10.2 Å². The molecule has 5 heteroatoms. The maximum atomic E-state index is 4.56. The molecule has 0 saturated heterocycles. The standard InChI is InChI=1S/C21H18N4S/c1-2-9-18(10-3-1)25-20(16-11-12-16)23-24-21(25)26-14-17-7-4-6-15-8-5-13-22-19(15)17/h1-10,13,16H,11-12,14H2. The fourth-order valence-electron chi connectivity index (χ4n) is 3.23. The van der Waals surface area contributed by atoms with Crippen LogP contribution in [0.1, 0.15) is 30.1 Å². The Kier molecular flexibility index (Phi) is 3.94. The second kappa shape index (κ2) is 6.57. The molecule has 128 valence electrons. The number of nitrogens with zero attached hydrogens (tertiary/aromatic N) is 4. The zero-order valence-corrected chi connectivity index (χ0v) is 15.1. The van der Waals surface area contributed by atoms with Gasteiger partial charge in [0.25, 0.3) is 0 Å². The van der Waals surface area contributed by atoms with Gasteiger partial charge in [-0.2, -0.15) is 0 Å². The minimum absolute atomic E-state index is 0.552. The van der Waals surface area contributed by atoms with Crippen LogP contribution in [0.4, 0.5) is 0 Å². The summed E-state index contributed by atoms with van der Waals surface area (Å²) in [4.78, 5) is 4.56. The predicted octanol–water partition coefficient (Wildman–Crippen LogP) is 4.99. The molecular weight excluding hydrogens is 340 g/mol. The minimum Gasteiger partial charge on any atom is -0.274 e. The van der Waals surface area contributed by atoms with E-state index in [1.54, 1.807) is 11.8 Å². The Morgan fingerprint density at radius 2 is 1.77 bits per heavy atom. The van der Waals surface area contributed by atoms with Crippen LogP contribution in [0.25, 0.3) is 16.6 Å². The van der Waals surface area contributed by atoms with Crippen LogP contribution in [-0.2, 0) is 5.75 Å². The van der Waals surface area contributed by atoms with Crippen molar-refractivity contribution < 1.29 is 0 Å². The van der Waals surface area contributed by atoms with E-state index in [1.807, 2.05) is 18.3 Å². The summed E-state index contributed by atoms with van der Waals surface area (Å²) >= 11 is 1.73. The first-order valence-corrected chi connectivity index (χ1v) is 9.85. The van der Waals surface area contributed by atoms with Crippen LogP contribution in [0.3, 0.4) is 0 Å². The molecule has 0 amide bonds. The summed E-state index contributed by atoms with van der Waals surface area (Å²) in [5.74, 6) is 2.47. The molecule has 0 radical (unpaired) electrons. The number of rotatable bonds is 5. The quantitative estimate of drug-likeness (QED) is 0.472. The normalized spacial score (nSPS) is 14.0. The topological polar surface area (TPSA) is 43.6 Å². The SMILES string of the molecule is c1ccc(-n2c(SCc3cccc4cccnc34)nnc2C2CC2)cc1. The summed E-state index contributed by atoms with van der Waals surface area (Å²) in [7, 11) is 0. The Hall–Kier alpha value is -2.66. The molecule has 4 aromatic rings. The third-order valence-corrected chi connectivity index (χ3v) is 5.67. The number of fused-ring (bicyclic) bond motifs is 1. The maximum absolute atomic E-state index is 4.56. The van der Waals surface area contributed by atoms with Gasteiger partial charge in [-0.05, 0) is 36.6 Å². The molecule has 2 heterocycles. The number of para-hydroxylation sites is 2. The molecule has 2 aromatic carbocycles. The lowest BCUT2D eigenvalue weighted by atomic mass is 10.1. The molecule has 1 aliphatic carbocycles. The van der Waals surface area contributed by atoms with E-state index in [0.29, 0.717) is 5.92 Å². The predicted molar refractivity (Wildman–Crippen MR) is 105 cm³/mol. The van der Waals surface area contributed by atoms with Crippen molar-refractivity contribution in [3.63, 3.8) is 0 Å². The van der Waals surface area contributed by atoms with E-state index in [1.165, 1.54) is 23.8 Å². The summed E-state index contributed by atoms with van der Waals surface area (Å²) in [5, 5.41) is 11.1. The molecule has 1 aliphatic rings. The lowest BCUT2D eigenvalue weighted by molar-refractivity contribution is 0.829. The fourth-order valence-corrected chi connectivity index (χ4v) is 4.17. The van der Waals surface area contributed by atoms with Crippen LogP contribution in [0.5, 0.6) is 0 Å². The minimum atomic E-state index is 0.552. The van der Waals surface area contributed by atoms with Crippen LogP contribution in [0.15, 0.2) is 72.0 Å². The average Bonchev–Trinajstić information content (AvgIpc) is 3.46. The lowest BCUT2D eigenvalue weighted by Gasteiger charge is -2.10. The molecule has 5 rings (SSSR count). The average molecular weight is 358 g/mol. The van der Waals surface area contributed by atoms with Gasteiger partial charge in [0, 0.05) is 28.9 Å². The van der Waals surface area contributed by atoms with Gasteiger partial charge in [-0.3, -0.25) is 9.55 Å². The molecule has 0 atom stereocenters. The van der Waals surface area contributed by atoms with E-state index in [0.717, 1.165) is 27.9 Å². The monoisotopic (exact) mass is 358 g/mol. The van der Waals surface area contributed by atoms with Crippen molar-refractivity contribution in [1.82, 2.24) is 19.7 Å². The molecule has 0 aliphatic heterocycles. The molecule has 4 nitrogen and oxygen atoms in total. The first-order valence-electron chi connectivity index (χ1n) is 8.86. The highest BCUT2D eigenvalue weighted by Gasteiger charge is 2.31. The number of hydrogen-bond donors (Lipinski definition) is 0. The van der Waals surface area contributed by atoms with Gasteiger partial charge >= 0.3 is 0 Å². The van der Waals surface area contributed by atoms with E-state index in [9.17, 15) is 0 Å². The first-order chi connectivity index (χ1) is 12.9. The highest BCUT2D eigenvalue weighted by Crippen LogP contribution is 2.41. The molecule has 2 aromatic heterocycles. The van der Waals surface area contributed by atoms with Crippen molar-refractivity contribution in [2.45, 2.75) is 29.7 Å². The van der Waals surface area contributed by atoms with Crippen molar-refractivity contribution in [2.24, 2.45) is 0 Å². The van der Waals surface area contributed by atoms with Gasteiger partial charge in [-0.1, -0.05) is 54.2 Å². The summed E-state index contributed by atoms with van der Waals surface area (Å²) in [5.41, 5.74) is 3.43. The second-order valence-electron chi connectivity index (χ2n) is 6.57. The Balaban J connectivity index is 1.49. The zero-order valence-electron chi connectivity index (χ0n) is 14.2. The van der Waals surface area contributed by atoms with Gasteiger partial charge in [-0.25, -0.2) is 0 Å². The summed E-state index contributed by atoms with van der Waals surface area (Å²) < 4.78 is 2.22. The van der Waals surface area contributed by atoms with Crippen molar-refractivity contribution in [2.75, 3.05) is 0 Å². The first kappa shape index (κ1) is 15.6. The van der Waals surface area contributed by atoms with Crippen LogP contribution in [0.2, 0.25) is 0 Å². The van der Waals surface area contributed by atoms with Crippen LogP contribution in [0, 0.1) is 0 Å². The molecule has 0 bridgehead atoms. The Morgan fingerprint density at radius 3 is 2.62 bits per heavy atom. The van der Waals surface area contributed by atoms with Gasteiger partial charge in [0.1, 0.15) is 5.82 Å². The molecule has 0 spiro atoms. The Bertz CT molecular complexity index is 1050. The highest BCUT2D eigenvalue weighted by atomic mass is 32.2. The fraction of sp³-hybridized carbons (Fsp3) is 0.190. The highest BCUT2D eigenvalue weighted by molar-refractivity contribution is 7.98. The second-order valence-corrected chi connectivity index (χ2v) is 7.51. The number of aromatic nitrogens is 4. The van der Waals surface area contributed by atoms with E-state index in [4.69, 9.17) is 0 Å². The Labute approximate surface area is 156 Å². The van der Waals surface area contributed by atoms with Crippen molar-refractivity contribution in [3.05, 3.63) is 78.2 Å². The number of hydrogen-bond acceptors (Lipinski definition) is 4. The Morgan fingerprint density at radius 1 is 0.923 bits per heavy atom. The van der Waals surface area contributed by atoms with E-state index >= 15 is 0 Å². The van der Waals surface area contributed by atoms with Crippen molar-refractivity contribution >= 4 is 22.7 Å². The summed E-state index contributed by atoms with van der Waals surface area (Å²) in [6.45, 7) is 0. The summed E-state index contributed by atoms with van der Waals surface area (Å²) in [6.07, 6.45) is 4.28. The maximum Gasteiger partial charge on any atom is 0.196 e. The largest absolute Gasteiger partial charge is 0.274 e. The smallest absolute Gasteiger partial charge is 0.196 e. The van der Waals surface area contributed by atoms with Crippen molar-refractivity contribution in [1.29, 1.82) is 0 Å².